The summed E-state index contributed by atoms with van der Waals surface area (Å²) < 4.78 is 28.1. The monoisotopic (exact) mass is 422 g/mol. The normalized spacial score (nSPS) is 12.2. The summed E-state index contributed by atoms with van der Waals surface area (Å²) in [6.45, 7) is 5.90. The Labute approximate surface area is 178 Å². The molecule has 0 aliphatic heterocycles. The minimum atomic E-state index is -3.81. The van der Waals surface area contributed by atoms with Crippen LogP contribution in [-0.4, -0.2) is 14.3 Å². The maximum atomic E-state index is 12.9. The van der Waals surface area contributed by atoms with Crippen LogP contribution in [0.25, 0.3) is 0 Å². The van der Waals surface area contributed by atoms with Crippen LogP contribution in [0.2, 0.25) is 0 Å². The lowest BCUT2D eigenvalue weighted by molar-refractivity contribution is 0.0935. The maximum Gasteiger partial charge on any atom is 0.261 e. The van der Waals surface area contributed by atoms with E-state index in [2.05, 4.69) is 10.0 Å². The highest BCUT2D eigenvalue weighted by Gasteiger charge is 2.19. The van der Waals surface area contributed by atoms with Crippen molar-refractivity contribution in [1.82, 2.24) is 5.32 Å². The molecule has 30 heavy (non-hydrogen) atoms. The molecule has 0 saturated carbocycles. The van der Waals surface area contributed by atoms with E-state index in [0.29, 0.717) is 11.3 Å². The lowest BCUT2D eigenvalue weighted by Gasteiger charge is -2.19. The standard InChI is InChI=1S/C24H26N2O3S/c1-4-23(22-14-6-5-10-18(22)3)25-24(27)19-11-8-13-21(16-19)30(28,29)26-20-12-7-9-17(2)15-20/h5-16,23,26H,4H2,1-3H3,(H,25,27). The molecule has 1 atom stereocenters. The first-order valence-corrected chi connectivity index (χ1v) is 11.3. The predicted octanol–water partition coefficient (Wildman–Crippen LogP) is 4.99. The van der Waals surface area contributed by atoms with Gasteiger partial charge in [-0.15, -0.1) is 0 Å². The number of hydrogen-bond acceptors (Lipinski definition) is 3. The van der Waals surface area contributed by atoms with Crippen LogP contribution in [0.3, 0.4) is 0 Å². The van der Waals surface area contributed by atoms with E-state index in [0.717, 1.165) is 23.1 Å². The third kappa shape index (κ3) is 5.07. The second kappa shape index (κ2) is 9.13. The highest BCUT2D eigenvalue weighted by atomic mass is 32.2. The minimum Gasteiger partial charge on any atom is -0.345 e. The number of hydrogen-bond donors (Lipinski definition) is 2. The van der Waals surface area contributed by atoms with Crippen LogP contribution in [0.4, 0.5) is 5.69 Å². The fraction of sp³-hybridized carbons (Fsp3) is 0.208. The van der Waals surface area contributed by atoms with Crippen molar-refractivity contribution in [2.24, 2.45) is 0 Å². The van der Waals surface area contributed by atoms with Gasteiger partial charge in [-0.1, -0.05) is 49.4 Å². The zero-order valence-corrected chi connectivity index (χ0v) is 18.2. The Hall–Kier alpha value is -3.12. The number of nitrogens with one attached hydrogen (secondary N) is 2. The van der Waals surface area contributed by atoms with E-state index in [-0.39, 0.29) is 16.8 Å². The molecule has 0 aliphatic rings. The lowest BCUT2D eigenvalue weighted by Crippen LogP contribution is -2.28. The Morgan fingerprint density at radius 1 is 0.933 bits per heavy atom. The number of benzene rings is 3. The number of carbonyl (C=O) groups excluding carboxylic acids is 1. The Balaban J connectivity index is 1.82. The van der Waals surface area contributed by atoms with Crippen LogP contribution in [0.1, 0.15) is 46.4 Å². The molecule has 0 fully saturated rings. The zero-order valence-electron chi connectivity index (χ0n) is 17.3. The van der Waals surface area contributed by atoms with Gasteiger partial charge in [0.2, 0.25) is 0 Å². The molecule has 0 radical (unpaired) electrons. The third-order valence-corrected chi connectivity index (χ3v) is 6.33. The van der Waals surface area contributed by atoms with Crippen LogP contribution >= 0.6 is 0 Å². The molecule has 0 aromatic heterocycles. The number of sulfonamides is 1. The van der Waals surface area contributed by atoms with E-state index in [9.17, 15) is 13.2 Å². The number of rotatable bonds is 7. The van der Waals surface area contributed by atoms with Crippen molar-refractivity contribution in [2.45, 2.75) is 38.1 Å². The molecule has 1 amide bonds. The van der Waals surface area contributed by atoms with E-state index in [1.807, 2.05) is 51.1 Å². The average Bonchev–Trinajstić information content (AvgIpc) is 2.72. The second-order valence-corrected chi connectivity index (χ2v) is 8.98. The molecule has 0 saturated heterocycles. The molecule has 3 rings (SSSR count). The Morgan fingerprint density at radius 2 is 1.67 bits per heavy atom. The van der Waals surface area contributed by atoms with E-state index >= 15 is 0 Å². The second-order valence-electron chi connectivity index (χ2n) is 7.29. The number of aryl methyl sites for hydroxylation is 2. The van der Waals surface area contributed by atoms with Gasteiger partial charge in [-0.05, 0) is 67.3 Å². The molecular formula is C24H26N2O3S. The van der Waals surface area contributed by atoms with Gasteiger partial charge in [-0.3, -0.25) is 9.52 Å². The smallest absolute Gasteiger partial charge is 0.261 e. The van der Waals surface area contributed by atoms with Crippen LogP contribution in [-0.2, 0) is 10.0 Å². The summed E-state index contributed by atoms with van der Waals surface area (Å²) in [6, 6.07) is 21.0. The van der Waals surface area contributed by atoms with Gasteiger partial charge in [-0.2, -0.15) is 0 Å². The summed E-state index contributed by atoms with van der Waals surface area (Å²) in [5, 5.41) is 3.02. The highest BCUT2D eigenvalue weighted by Crippen LogP contribution is 2.22. The first-order valence-electron chi connectivity index (χ1n) is 9.86. The van der Waals surface area contributed by atoms with Crippen molar-refractivity contribution in [2.75, 3.05) is 4.72 Å². The van der Waals surface area contributed by atoms with Gasteiger partial charge in [0.15, 0.2) is 0 Å². The Morgan fingerprint density at radius 3 is 2.37 bits per heavy atom. The van der Waals surface area contributed by atoms with E-state index in [4.69, 9.17) is 0 Å². The molecule has 3 aromatic rings. The SMILES string of the molecule is CCC(NC(=O)c1cccc(S(=O)(=O)Nc2cccc(C)c2)c1)c1ccccc1C. The van der Waals surface area contributed by atoms with Crippen molar-refractivity contribution < 1.29 is 13.2 Å². The predicted molar refractivity (Wildman–Crippen MR) is 120 cm³/mol. The van der Waals surface area contributed by atoms with Gasteiger partial charge >= 0.3 is 0 Å². The third-order valence-electron chi connectivity index (χ3n) is 4.95. The summed E-state index contributed by atoms with van der Waals surface area (Å²) >= 11 is 0. The Kier molecular flexibility index (Phi) is 6.57. The largest absolute Gasteiger partial charge is 0.345 e. The summed E-state index contributed by atoms with van der Waals surface area (Å²) in [5.74, 6) is -0.308. The van der Waals surface area contributed by atoms with Crippen molar-refractivity contribution in [3.63, 3.8) is 0 Å². The van der Waals surface area contributed by atoms with Crippen LogP contribution in [0.5, 0.6) is 0 Å². The minimum absolute atomic E-state index is 0.0422. The molecular weight excluding hydrogens is 396 g/mol. The molecule has 6 heteroatoms. The van der Waals surface area contributed by atoms with Crippen LogP contribution in [0, 0.1) is 13.8 Å². The molecule has 2 N–H and O–H groups in total. The van der Waals surface area contributed by atoms with Crippen molar-refractivity contribution in [3.8, 4) is 0 Å². The molecule has 0 spiro atoms. The summed E-state index contributed by atoms with van der Waals surface area (Å²) in [5.41, 5.74) is 3.89. The summed E-state index contributed by atoms with van der Waals surface area (Å²) in [6.07, 6.45) is 0.726. The van der Waals surface area contributed by atoms with Gasteiger partial charge in [-0.25, -0.2) is 8.42 Å². The number of anilines is 1. The maximum absolute atomic E-state index is 12.9. The van der Waals surface area contributed by atoms with E-state index < -0.39 is 10.0 Å². The van der Waals surface area contributed by atoms with Crippen molar-refractivity contribution in [1.29, 1.82) is 0 Å². The fourth-order valence-corrected chi connectivity index (χ4v) is 4.44. The van der Waals surface area contributed by atoms with Gasteiger partial charge in [0.1, 0.15) is 0 Å². The molecule has 3 aromatic carbocycles. The molecule has 0 heterocycles. The molecule has 0 bridgehead atoms. The van der Waals surface area contributed by atoms with Crippen LogP contribution < -0.4 is 10.0 Å². The summed E-state index contributed by atoms with van der Waals surface area (Å²) in [4.78, 5) is 12.9. The topological polar surface area (TPSA) is 75.3 Å². The molecule has 5 nitrogen and oxygen atoms in total. The van der Waals surface area contributed by atoms with Crippen molar-refractivity contribution >= 4 is 21.6 Å². The molecule has 1 unspecified atom stereocenters. The molecule has 156 valence electrons. The Bertz CT molecular complexity index is 1160. The number of carbonyl (C=O) groups is 1. The zero-order chi connectivity index (χ0) is 21.7. The van der Waals surface area contributed by atoms with Gasteiger partial charge in [0.25, 0.3) is 15.9 Å². The van der Waals surface area contributed by atoms with Crippen LogP contribution in [0.15, 0.2) is 77.7 Å². The van der Waals surface area contributed by atoms with Gasteiger partial charge in [0, 0.05) is 11.3 Å². The fourth-order valence-electron chi connectivity index (χ4n) is 3.35. The molecule has 0 aliphatic carbocycles. The van der Waals surface area contributed by atoms with E-state index in [1.54, 1.807) is 30.3 Å². The van der Waals surface area contributed by atoms with Crippen molar-refractivity contribution in [3.05, 3.63) is 95.1 Å². The van der Waals surface area contributed by atoms with Gasteiger partial charge in [0.05, 0.1) is 10.9 Å². The quantitative estimate of drug-likeness (QED) is 0.563. The van der Waals surface area contributed by atoms with E-state index in [1.165, 1.54) is 12.1 Å². The first kappa shape index (κ1) is 21.6. The first-order chi connectivity index (χ1) is 14.3. The number of amides is 1. The summed E-state index contributed by atoms with van der Waals surface area (Å²) in [7, 11) is -3.81. The van der Waals surface area contributed by atoms with Gasteiger partial charge < -0.3 is 5.32 Å². The average molecular weight is 423 g/mol. The lowest BCUT2D eigenvalue weighted by atomic mass is 9.99. The highest BCUT2D eigenvalue weighted by molar-refractivity contribution is 7.92.